The predicted molar refractivity (Wildman–Crippen MR) is 101 cm³/mol. The fraction of sp³-hybridized carbons (Fsp3) is 0.158. The summed E-state index contributed by atoms with van der Waals surface area (Å²) in [4.78, 5) is 23.7. The third-order valence-electron chi connectivity index (χ3n) is 3.67. The third-order valence-corrected chi connectivity index (χ3v) is 5.11. The zero-order valence-corrected chi connectivity index (χ0v) is 15.6. The summed E-state index contributed by atoms with van der Waals surface area (Å²) in [5, 5.41) is 2.74. The molecule has 0 saturated carbocycles. The van der Waals surface area contributed by atoms with Crippen LogP contribution in [-0.4, -0.2) is 33.9 Å². The summed E-state index contributed by atoms with van der Waals surface area (Å²) >= 11 is 0. The molecule has 0 aliphatic heterocycles. The Morgan fingerprint density at radius 1 is 1.04 bits per heavy atom. The average molecular weight is 388 g/mol. The Hall–Kier alpha value is -2.97. The van der Waals surface area contributed by atoms with Crippen LogP contribution in [0.1, 0.15) is 26.3 Å². The van der Waals surface area contributed by atoms with Crippen molar-refractivity contribution in [2.45, 2.75) is 11.4 Å². The van der Waals surface area contributed by atoms with Gasteiger partial charge in [0.2, 0.25) is 10.0 Å². The number of hydrogen-bond donors (Lipinski definition) is 2. The van der Waals surface area contributed by atoms with Gasteiger partial charge < -0.3 is 10.1 Å². The summed E-state index contributed by atoms with van der Waals surface area (Å²) in [6.45, 7) is 3.84. The number of benzene rings is 2. The van der Waals surface area contributed by atoms with Crippen molar-refractivity contribution < 1.29 is 22.7 Å². The van der Waals surface area contributed by atoms with Crippen molar-refractivity contribution in [2.75, 3.05) is 13.7 Å². The molecule has 2 rings (SSSR count). The van der Waals surface area contributed by atoms with Crippen molar-refractivity contribution in [1.82, 2.24) is 10.0 Å². The Balaban J connectivity index is 1.98. The van der Waals surface area contributed by atoms with Gasteiger partial charge in [-0.15, -0.1) is 6.58 Å². The summed E-state index contributed by atoms with van der Waals surface area (Å²) < 4.78 is 31.0. The van der Waals surface area contributed by atoms with Gasteiger partial charge in [-0.2, -0.15) is 0 Å². The number of sulfonamides is 1. The second-order valence-electron chi connectivity index (χ2n) is 5.54. The third kappa shape index (κ3) is 5.50. The number of carbonyl (C=O) groups excluding carboxylic acids is 2. The Morgan fingerprint density at radius 2 is 1.63 bits per heavy atom. The first-order valence-corrected chi connectivity index (χ1v) is 9.52. The van der Waals surface area contributed by atoms with Crippen LogP contribution >= 0.6 is 0 Å². The summed E-state index contributed by atoms with van der Waals surface area (Å²) in [7, 11) is -2.32. The van der Waals surface area contributed by atoms with Crippen LogP contribution in [-0.2, 0) is 21.3 Å². The number of rotatable bonds is 8. The lowest BCUT2D eigenvalue weighted by Gasteiger charge is -2.08. The molecule has 0 aromatic heterocycles. The summed E-state index contributed by atoms with van der Waals surface area (Å²) in [5.41, 5.74) is 1.57. The first kappa shape index (κ1) is 20.3. The van der Waals surface area contributed by atoms with Gasteiger partial charge in [0, 0.05) is 18.7 Å². The molecule has 0 spiro atoms. The molecule has 0 atom stereocenters. The van der Waals surface area contributed by atoms with Crippen LogP contribution in [0, 0.1) is 0 Å². The van der Waals surface area contributed by atoms with Crippen LogP contribution in [0.25, 0.3) is 0 Å². The van der Waals surface area contributed by atoms with E-state index < -0.39 is 16.0 Å². The fourth-order valence-electron chi connectivity index (χ4n) is 2.20. The molecule has 2 N–H and O–H groups in total. The van der Waals surface area contributed by atoms with Crippen LogP contribution in [0.4, 0.5) is 0 Å². The Morgan fingerprint density at radius 3 is 2.19 bits per heavy atom. The molecule has 1 amide bonds. The van der Waals surface area contributed by atoms with Gasteiger partial charge in [0.25, 0.3) is 5.91 Å². The maximum atomic E-state index is 12.2. The molecule has 7 nitrogen and oxygen atoms in total. The topological polar surface area (TPSA) is 102 Å². The average Bonchev–Trinajstić information content (AvgIpc) is 2.70. The van der Waals surface area contributed by atoms with Crippen molar-refractivity contribution >= 4 is 21.9 Å². The molecule has 8 heteroatoms. The highest BCUT2D eigenvalue weighted by Gasteiger charge is 2.14. The number of methoxy groups -OCH3 is 1. The van der Waals surface area contributed by atoms with Crippen LogP contribution in [0.3, 0.4) is 0 Å². The number of esters is 1. The quantitative estimate of drug-likeness (QED) is 0.531. The number of nitrogens with one attached hydrogen (secondary N) is 2. The Bertz CT molecular complexity index is 920. The Kier molecular flexibility index (Phi) is 6.86. The minimum atomic E-state index is -3.62. The molecule has 0 fully saturated rings. The van der Waals surface area contributed by atoms with E-state index in [-0.39, 0.29) is 23.9 Å². The van der Waals surface area contributed by atoms with Gasteiger partial charge in [-0.1, -0.05) is 18.2 Å². The maximum absolute atomic E-state index is 12.2. The van der Waals surface area contributed by atoms with E-state index >= 15 is 0 Å². The summed E-state index contributed by atoms with van der Waals surface area (Å²) in [6, 6.07) is 12.3. The van der Waals surface area contributed by atoms with E-state index in [0.29, 0.717) is 11.1 Å². The van der Waals surface area contributed by atoms with E-state index in [2.05, 4.69) is 21.4 Å². The molecule has 0 unspecified atom stereocenters. The molecular weight excluding hydrogens is 368 g/mol. The molecule has 0 bridgehead atoms. The Labute approximate surface area is 158 Å². The van der Waals surface area contributed by atoms with Crippen LogP contribution < -0.4 is 10.0 Å². The zero-order chi connectivity index (χ0) is 19.9. The van der Waals surface area contributed by atoms with Gasteiger partial charge in [-0.3, -0.25) is 4.79 Å². The van der Waals surface area contributed by atoms with Crippen molar-refractivity contribution in [3.8, 4) is 0 Å². The minimum Gasteiger partial charge on any atom is -0.465 e. The molecule has 142 valence electrons. The molecule has 27 heavy (non-hydrogen) atoms. The number of hydrogen-bond acceptors (Lipinski definition) is 5. The molecule has 2 aromatic rings. The molecule has 0 heterocycles. The predicted octanol–water partition coefficient (Wildman–Crippen LogP) is 1.87. The van der Waals surface area contributed by atoms with Gasteiger partial charge in [0.15, 0.2) is 0 Å². The zero-order valence-electron chi connectivity index (χ0n) is 14.8. The van der Waals surface area contributed by atoms with E-state index in [0.717, 1.165) is 5.56 Å². The largest absolute Gasteiger partial charge is 0.465 e. The standard InChI is InChI=1S/C19H20N2O5S/c1-3-12-21-27(24,25)17-10-8-15(9-11-17)18(22)20-13-14-4-6-16(7-5-14)19(23)26-2/h3-11,21H,1,12-13H2,2H3,(H,20,22). The molecule has 2 aromatic carbocycles. The van der Waals surface area contributed by atoms with Gasteiger partial charge in [0.05, 0.1) is 17.6 Å². The highest BCUT2D eigenvalue weighted by Crippen LogP contribution is 2.11. The second kappa shape index (κ2) is 9.11. The SMILES string of the molecule is C=CCNS(=O)(=O)c1ccc(C(=O)NCc2ccc(C(=O)OC)cc2)cc1. The van der Waals surface area contributed by atoms with Gasteiger partial charge in [-0.25, -0.2) is 17.9 Å². The maximum Gasteiger partial charge on any atom is 0.337 e. The highest BCUT2D eigenvalue weighted by molar-refractivity contribution is 7.89. The van der Waals surface area contributed by atoms with Crippen molar-refractivity contribution in [1.29, 1.82) is 0 Å². The monoisotopic (exact) mass is 388 g/mol. The van der Waals surface area contributed by atoms with E-state index in [1.54, 1.807) is 24.3 Å². The first-order valence-electron chi connectivity index (χ1n) is 8.03. The molecular formula is C19H20N2O5S. The lowest BCUT2D eigenvalue weighted by molar-refractivity contribution is 0.0600. The number of carbonyl (C=O) groups is 2. The van der Waals surface area contributed by atoms with E-state index in [1.807, 2.05) is 0 Å². The molecule has 0 radical (unpaired) electrons. The van der Waals surface area contributed by atoms with Gasteiger partial charge in [-0.05, 0) is 42.0 Å². The van der Waals surface area contributed by atoms with Crippen LogP contribution in [0.5, 0.6) is 0 Å². The van der Waals surface area contributed by atoms with Gasteiger partial charge >= 0.3 is 5.97 Å². The lowest BCUT2D eigenvalue weighted by atomic mass is 10.1. The summed E-state index contributed by atoms with van der Waals surface area (Å²) in [6.07, 6.45) is 1.44. The van der Waals surface area contributed by atoms with Crippen molar-refractivity contribution in [3.63, 3.8) is 0 Å². The normalized spacial score (nSPS) is 10.9. The second-order valence-corrected chi connectivity index (χ2v) is 7.30. The molecule has 0 aliphatic carbocycles. The lowest BCUT2D eigenvalue weighted by Crippen LogP contribution is -2.24. The first-order chi connectivity index (χ1) is 12.9. The highest BCUT2D eigenvalue weighted by atomic mass is 32.2. The van der Waals surface area contributed by atoms with E-state index in [4.69, 9.17) is 0 Å². The minimum absolute atomic E-state index is 0.0688. The van der Waals surface area contributed by atoms with Crippen LogP contribution in [0.2, 0.25) is 0 Å². The number of ether oxygens (including phenoxy) is 1. The summed E-state index contributed by atoms with van der Waals surface area (Å²) in [5.74, 6) is -0.766. The van der Waals surface area contributed by atoms with Crippen molar-refractivity contribution in [3.05, 3.63) is 77.9 Å². The van der Waals surface area contributed by atoms with Crippen LogP contribution in [0.15, 0.2) is 66.1 Å². The fourth-order valence-corrected chi connectivity index (χ4v) is 3.20. The number of amides is 1. The van der Waals surface area contributed by atoms with E-state index in [1.165, 1.54) is 37.5 Å². The van der Waals surface area contributed by atoms with Crippen molar-refractivity contribution in [2.24, 2.45) is 0 Å². The smallest absolute Gasteiger partial charge is 0.337 e. The van der Waals surface area contributed by atoms with E-state index in [9.17, 15) is 18.0 Å². The molecule has 0 saturated heterocycles. The van der Waals surface area contributed by atoms with Gasteiger partial charge in [0.1, 0.15) is 0 Å². The molecule has 0 aliphatic rings.